The van der Waals surface area contributed by atoms with E-state index in [1.165, 1.54) is 17.5 Å². The van der Waals surface area contributed by atoms with Gasteiger partial charge in [-0.25, -0.2) is 0 Å². The molecule has 30 heavy (non-hydrogen) atoms. The van der Waals surface area contributed by atoms with E-state index in [0.29, 0.717) is 17.2 Å². The van der Waals surface area contributed by atoms with Crippen LogP contribution < -0.4 is 20.3 Å². The van der Waals surface area contributed by atoms with Crippen LogP contribution in [0.25, 0.3) is 11.1 Å². The minimum absolute atomic E-state index is 0.385. The molecule has 1 aliphatic carbocycles. The average molecular weight is 400 g/mol. The minimum Gasteiger partial charge on any atom is -0.423 e. The highest BCUT2D eigenvalue weighted by Crippen LogP contribution is 2.48. The van der Waals surface area contributed by atoms with E-state index in [1.807, 2.05) is 19.2 Å². The average Bonchev–Trinajstić information content (AvgIpc) is 3.38. The Morgan fingerprint density at radius 1 is 1.17 bits per heavy atom. The van der Waals surface area contributed by atoms with Crippen molar-refractivity contribution in [3.05, 3.63) is 54.0 Å². The van der Waals surface area contributed by atoms with Gasteiger partial charge in [0.1, 0.15) is 11.6 Å². The van der Waals surface area contributed by atoms with Crippen LogP contribution in [0.15, 0.2) is 42.7 Å². The Kier molecular flexibility index (Phi) is 3.92. The summed E-state index contributed by atoms with van der Waals surface area (Å²) in [6.07, 6.45) is 5.43. The zero-order chi connectivity index (χ0) is 20.1. The van der Waals surface area contributed by atoms with Gasteiger partial charge in [0.05, 0.1) is 11.9 Å². The number of rotatable bonds is 4. The number of aromatic nitrogens is 3. The lowest BCUT2D eigenvalue weighted by molar-refractivity contribution is 0.241. The molecule has 152 valence electrons. The van der Waals surface area contributed by atoms with Crippen LogP contribution in [-0.4, -0.2) is 48.2 Å². The summed E-state index contributed by atoms with van der Waals surface area (Å²) in [6, 6.07) is 10.5. The second kappa shape index (κ2) is 6.67. The number of hydrogen-bond acceptors (Lipinski definition) is 7. The zero-order valence-electron chi connectivity index (χ0n) is 17.0. The molecule has 0 atom stereocenters. The van der Waals surface area contributed by atoms with Crippen LogP contribution in [0.4, 0.5) is 11.5 Å². The third-order valence-electron chi connectivity index (χ3n) is 6.53. The summed E-state index contributed by atoms with van der Waals surface area (Å²) >= 11 is 0. The van der Waals surface area contributed by atoms with Crippen LogP contribution >= 0.6 is 0 Å². The molecule has 2 fully saturated rings. The fourth-order valence-corrected chi connectivity index (χ4v) is 5.05. The highest BCUT2D eigenvalue weighted by atomic mass is 16.5. The molecule has 0 radical (unpaired) electrons. The third-order valence-corrected chi connectivity index (χ3v) is 6.53. The van der Waals surface area contributed by atoms with Gasteiger partial charge >= 0.3 is 6.01 Å². The predicted molar refractivity (Wildman–Crippen MR) is 116 cm³/mol. The van der Waals surface area contributed by atoms with Gasteiger partial charge in [-0.15, -0.1) is 0 Å². The maximum Gasteiger partial charge on any atom is 0.324 e. The lowest BCUT2D eigenvalue weighted by Gasteiger charge is -2.49. The summed E-state index contributed by atoms with van der Waals surface area (Å²) in [5.74, 6) is 1.64. The van der Waals surface area contributed by atoms with Crippen LogP contribution in [0.5, 0.6) is 11.8 Å². The largest absolute Gasteiger partial charge is 0.423 e. The van der Waals surface area contributed by atoms with E-state index in [2.05, 4.69) is 38.7 Å². The third kappa shape index (κ3) is 2.73. The maximum absolute atomic E-state index is 6.00. The van der Waals surface area contributed by atoms with E-state index < -0.39 is 0 Å². The summed E-state index contributed by atoms with van der Waals surface area (Å²) < 4.78 is 6.00. The first-order chi connectivity index (χ1) is 14.7. The van der Waals surface area contributed by atoms with Crippen molar-refractivity contribution in [3.8, 4) is 22.9 Å². The van der Waals surface area contributed by atoms with E-state index in [9.17, 15) is 0 Å². The highest BCUT2D eigenvalue weighted by molar-refractivity contribution is 5.88. The molecule has 2 N–H and O–H groups in total. The Bertz CT molecular complexity index is 1100. The van der Waals surface area contributed by atoms with Gasteiger partial charge in [0.25, 0.3) is 0 Å². The maximum atomic E-state index is 6.00. The summed E-state index contributed by atoms with van der Waals surface area (Å²) in [4.78, 5) is 16.2. The van der Waals surface area contributed by atoms with Crippen LogP contribution in [0.1, 0.15) is 17.7 Å². The minimum atomic E-state index is 0.385. The molecule has 0 bridgehead atoms. The molecule has 2 saturated heterocycles. The second-order valence-electron chi connectivity index (χ2n) is 8.48. The smallest absolute Gasteiger partial charge is 0.324 e. The van der Waals surface area contributed by atoms with E-state index in [1.54, 1.807) is 12.4 Å². The van der Waals surface area contributed by atoms with Crippen LogP contribution in [0.2, 0.25) is 0 Å². The van der Waals surface area contributed by atoms with Crippen molar-refractivity contribution in [1.29, 1.82) is 0 Å². The normalized spacial score (nSPS) is 18.1. The van der Waals surface area contributed by atoms with Crippen molar-refractivity contribution >= 4 is 11.5 Å². The Morgan fingerprint density at radius 2 is 2.10 bits per heavy atom. The molecule has 2 aromatic heterocycles. The summed E-state index contributed by atoms with van der Waals surface area (Å²) in [7, 11) is 1.97. The summed E-state index contributed by atoms with van der Waals surface area (Å²) in [5.41, 5.74) is 6.22. The van der Waals surface area contributed by atoms with Gasteiger partial charge in [-0.2, -0.15) is 9.97 Å². The van der Waals surface area contributed by atoms with Gasteiger partial charge in [0, 0.05) is 56.0 Å². The lowest BCUT2D eigenvalue weighted by atomic mass is 9.79. The zero-order valence-corrected chi connectivity index (χ0v) is 17.0. The van der Waals surface area contributed by atoms with Gasteiger partial charge in [-0.05, 0) is 42.3 Å². The number of nitrogens with zero attached hydrogens (tertiary/aromatic N) is 4. The fourth-order valence-electron chi connectivity index (χ4n) is 5.05. The quantitative estimate of drug-likeness (QED) is 0.545. The van der Waals surface area contributed by atoms with Crippen molar-refractivity contribution in [2.45, 2.75) is 12.8 Å². The monoisotopic (exact) mass is 400 g/mol. The summed E-state index contributed by atoms with van der Waals surface area (Å²) in [5, 5.41) is 6.84. The number of pyridine rings is 1. The van der Waals surface area contributed by atoms with Crippen LogP contribution in [0, 0.1) is 5.41 Å². The Hall–Kier alpha value is -3.19. The molecular weight excluding hydrogens is 376 g/mol. The number of fused-ring (bicyclic) bond motifs is 3. The predicted octanol–water partition coefficient (Wildman–Crippen LogP) is 3.08. The first-order valence-electron chi connectivity index (χ1n) is 10.5. The van der Waals surface area contributed by atoms with Crippen molar-refractivity contribution in [3.63, 3.8) is 0 Å². The molecule has 1 spiro atoms. The molecule has 4 heterocycles. The van der Waals surface area contributed by atoms with Gasteiger partial charge < -0.3 is 20.3 Å². The molecule has 7 nitrogen and oxygen atoms in total. The van der Waals surface area contributed by atoms with E-state index in [0.717, 1.165) is 55.4 Å². The van der Waals surface area contributed by atoms with E-state index >= 15 is 0 Å². The molecule has 3 aliphatic rings. The van der Waals surface area contributed by atoms with Crippen LogP contribution in [-0.2, 0) is 6.42 Å². The van der Waals surface area contributed by atoms with Gasteiger partial charge in [-0.3, -0.25) is 4.98 Å². The first kappa shape index (κ1) is 17.7. The number of benzene rings is 1. The van der Waals surface area contributed by atoms with Gasteiger partial charge in [0.15, 0.2) is 0 Å². The van der Waals surface area contributed by atoms with Gasteiger partial charge in [-0.1, -0.05) is 12.1 Å². The molecule has 1 aromatic carbocycles. The topological polar surface area (TPSA) is 75.2 Å². The van der Waals surface area contributed by atoms with Crippen molar-refractivity contribution in [1.82, 2.24) is 20.3 Å². The molecule has 7 heteroatoms. The Labute approximate surface area is 175 Å². The molecular formula is C23H24N6O. The number of hydrogen-bond donors (Lipinski definition) is 2. The molecule has 0 unspecified atom stereocenters. The summed E-state index contributed by atoms with van der Waals surface area (Å²) in [6.45, 7) is 4.25. The highest BCUT2D eigenvalue weighted by Gasteiger charge is 2.47. The molecule has 0 saturated carbocycles. The SMILES string of the molecule is CNc1cccc2c1Cc1nc(Oc3cccnc3)nc(N3CC4(CCNC4)C3)c1-2. The molecule has 2 aliphatic heterocycles. The Morgan fingerprint density at radius 3 is 2.87 bits per heavy atom. The van der Waals surface area contributed by atoms with E-state index in [-0.39, 0.29) is 0 Å². The molecule has 0 amide bonds. The second-order valence-corrected chi connectivity index (χ2v) is 8.48. The lowest BCUT2D eigenvalue weighted by Crippen LogP contribution is -2.58. The fraction of sp³-hybridized carbons (Fsp3) is 0.348. The number of nitrogens with one attached hydrogen (secondary N) is 2. The molecule has 3 aromatic rings. The van der Waals surface area contributed by atoms with Crippen molar-refractivity contribution < 1.29 is 4.74 Å². The Balaban J connectivity index is 1.43. The van der Waals surface area contributed by atoms with Crippen LogP contribution in [0.3, 0.4) is 0 Å². The van der Waals surface area contributed by atoms with Crippen molar-refractivity contribution in [2.75, 3.05) is 43.4 Å². The van der Waals surface area contributed by atoms with E-state index in [4.69, 9.17) is 14.7 Å². The van der Waals surface area contributed by atoms with Gasteiger partial charge in [0.2, 0.25) is 0 Å². The number of ether oxygens (including phenoxy) is 1. The number of anilines is 2. The first-order valence-corrected chi connectivity index (χ1v) is 10.5. The molecule has 6 rings (SSSR count). The van der Waals surface area contributed by atoms with Crippen molar-refractivity contribution in [2.24, 2.45) is 5.41 Å². The standard InChI is InChI=1S/C23H24N6O/c1-24-18-6-2-5-16-17(18)10-19-20(16)21(29-13-23(14-29)7-9-26-12-23)28-22(27-19)30-15-4-3-8-25-11-15/h2-6,8,11,24,26H,7,9-10,12-14H2,1H3.